The molecule has 0 bridgehead atoms. The maximum absolute atomic E-state index is 12.0. The van der Waals surface area contributed by atoms with Crippen LogP contribution in [0.3, 0.4) is 0 Å². The van der Waals surface area contributed by atoms with Gasteiger partial charge in [0.15, 0.2) is 0 Å². The Labute approximate surface area is 126 Å². The quantitative estimate of drug-likeness (QED) is 0.764. The molecule has 114 valence electrons. The van der Waals surface area contributed by atoms with Gasteiger partial charge in [0.1, 0.15) is 5.69 Å². The fourth-order valence-corrected chi connectivity index (χ4v) is 2.69. The van der Waals surface area contributed by atoms with Crippen molar-refractivity contribution in [1.29, 1.82) is 0 Å². The number of anilines is 2. The number of carboxylic acid groups (broad SMARTS) is 1. The van der Waals surface area contributed by atoms with Gasteiger partial charge in [0, 0.05) is 19.5 Å². The molecule has 1 aliphatic rings. The van der Waals surface area contributed by atoms with Gasteiger partial charge in [-0.05, 0) is 24.1 Å². The summed E-state index contributed by atoms with van der Waals surface area (Å²) in [6, 6.07) is 6.77. The highest BCUT2D eigenvalue weighted by atomic mass is 16.4. The minimum Gasteiger partial charge on any atom is -0.478 e. The van der Waals surface area contributed by atoms with E-state index >= 15 is 0 Å². The number of nitrogens with zero attached hydrogens (tertiary/aromatic N) is 2. The first kappa shape index (κ1) is 14.1. The largest absolute Gasteiger partial charge is 0.478 e. The zero-order chi connectivity index (χ0) is 15.7. The molecule has 0 saturated carbocycles. The number of H-pyrrole nitrogens is 1. The third kappa shape index (κ3) is 2.65. The van der Waals surface area contributed by atoms with E-state index in [0.717, 1.165) is 24.2 Å². The molecule has 4 N–H and O–H groups in total. The third-order valence-electron chi connectivity index (χ3n) is 3.79. The summed E-state index contributed by atoms with van der Waals surface area (Å²) in [4.78, 5) is 31.5. The number of rotatable bonds is 4. The Morgan fingerprint density at radius 3 is 2.77 bits per heavy atom. The highest BCUT2D eigenvalue weighted by molar-refractivity contribution is 5.87. The van der Waals surface area contributed by atoms with Crippen molar-refractivity contribution < 1.29 is 9.90 Å². The van der Waals surface area contributed by atoms with E-state index in [1.807, 2.05) is 4.90 Å². The summed E-state index contributed by atoms with van der Waals surface area (Å²) in [5, 5.41) is 8.88. The highest BCUT2D eigenvalue weighted by Crippen LogP contribution is 2.22. The molecule has 7 heteroatoms. The Morgan fingerprint density at radius 2 is 2.09 bits per heavy atom. The lowest BCUT2D eigenvalue weighted by Crippen LogP contribution is -2.28. The molecule has 0 amide bonds. The second-order valence-corrected chi connectivity index (χ2v) is 5.24. The third-order valence-corrected chi connectivity index (χ3v) is 3.79. The Kier molecular flexibility index (Phi) is 3.54. The summed E-state index contributed by atoms with van der Waals surface area (Å²) in [6.07, 6.45) is 1.44. The number of carbonyl (C=O) groups is 1. The molecular weight excluding hydrogens is 284 g/mol. The van der Waals surface area contributed by atoms with Crippen molar-refractivity contribution in [2.45, 2.75) is 12.8 Å². The van der Waals surface area contributed by atoms with Crippen molar-refractivity contribution in [2.75, 3.05) is 23.7 Å². The minimum absolute atomic E-state index is 0.148. The van der Waals surface area contributed by atoms with Crippen LogP contribution in [0, 0.1) is 0 Å². The number of benzene rings is 1. The number of hydrogen-bond acceptors (Lipinski definition) is 5. The summed E-state index contributed by atoms with van der Waals surface area (Å²) in [7, 11) is 0. The van der Waals surface area contributed by atoms with Crippen molar-refractivity contribution in [3.63, 3.8) is 0 Å². The molecule has 3 rings (SSSR count). The lowest BCUT2D eigenvalue weighted by Gasteiger charge is -2.18. The van der Waals surface area contributed by atoms with Gasteiger partial charge in [-0.15, -0.1) is 0 Å². The smallest absolute Gasteiger partial charge is 0.335 e. The van der Waals surface area contributed by atoms with E-state index < -0.39 is 5.97 Å². The van der Waals surface area contributed by atoms with Crippen LogP contribution in [-0.4, -0.2) is 34.1 Å². The Balaban J connectivity index is 1.72. The van der Waals surface area contributed by atoms with Gasteiger partial charge in [0.05, 0.1) is 11.3 Å². The van der Waals surface area contributed by atoms with Crippen LogP contribution in [0.2, 0.25) is 0 Å². The van der Waals surface area contributed by atoms with Gasteiger partial charge >= 0.3 is 5.97 Å². The van der Waals surface area contributed by atoms with Crippen LogP contribution in [-0.2, 0) is 12.8 Å². The monoisotopic (exact) mass is 300 g/mol. The fourth-order valence-electron chi connectivity index (χ4n) is 2.69. The van der Waals surface area contributed by atoms with Crippen LogP contribution in [0.1, 0.15) is 21.6 Å². The van der Waals surface area contributed by atoms with Gasteiger partial charge in [-0.2, -0.15) is 0 Å². The van der Waals surface area contributed by atoms with Crippen molar-refractivity contribution >= 4 is 17.6 Å². The lowest BCUT2D eigenvalue weighted by molar-refractivity contribution is 0.0697. The zero-order valence-electron chi connectivity index (χ0n) is 11.9. The normalized spacial score (nSPS) is 13.2. The van der Waals surface area contributed by atoms with Gasteiger partial charge in [-0.25, -0.2) is 9.78 Å². The van der Waals surface area contributed by atoms with Crippen molar-refractivity contribution in [3.05, 3.63) is 51.4 Å². The van der Waals surface area contributed by atoms with Crippen molar-refractivity contribution in [1.82, 2.24) is 9.97 Å². The zero-order valence-corrected chi connectivity index (χ0v) is 11.9. The topological polar surface area (TPSA) is 112 Å². The van der Waals surface area contributed by atoms with Crippen LogP contribution >= 0.6 is 0 Å². The van der Waals surface area contributed by atoms with Gasteiger partial charge in [0.25, 0.3) is 5.56 Å². The Morgan fingerprint density at radius 1 is 1.36 bits per heavy atom. The Bertz CT molecular complexity index is 767. The van der Waals surface area contributed by atoms with E-state index in [-0.39, 0.29) is 17.1 Å². The van der Waals surface area contributed by atoms with E-state index in [0.29, 0.717) is 18.7 Å². The lowest BCUT2D eigenvalue weighted by atomic mass is 10.1. The fraction of sp³-hybridized carbons (Fsp3) is 0.267. The Hall–Kier alpha value is -2.83. The van der Waals surface area contributed by atoms with E-state index in [4.69, 9.17) is 10.8 Å². The van der Waals surface area contributed by atoms with Gasteiger partial charge in [-0.1, -0.05) is 12.1 Å². The average molecular weight is 300 g/mol. The van der Waals surface area contributed by atoms with E-state index in [2.05, 4.69) is 9.97 Å². The standard InChI is InChI=1S/C15H16N4O3/c16-15-17-11-6-8-19(12(11)13(20)18-15)7-5-9-1-3-10(4-2-9)14(21)22/h1-4H,5-8H2,(H,21,22)(H3,16,17,18,20). The molecule has 0 unspecified atom stereocenters. The maximum Gasteiger partial charge on any atom is 0.335 e. The number of aromatic carboxylic acids is 1. The molecule has 22 heavy (non-hydrogen) atoms. The number of carboxylic acids is 1. The highest BCUT2D eigenvalue weighted by Gasteiger charge is 2.24. The molecule has 1 aromatic carbocycles. The summed E-state index contributed by atoms with van der Waals surface area (Å²) in [5.74, 6) is -0.787. The number of nitrogen functional groups attached to an aromatic ring is 1. The summed E-state index contributed by atoms with van der Waals surface area (Å²) in [5.41, 5.74) is 7.97. The van der Waals surface area contributed by atoms with Crippen molar-refractivity contribution in [3.8, 4) is 0 Å². The number of nitrogens with two attached hydrogens (primary N) is 1. The summed E-state index contributed by atoms with van der Waals surface area (Å²) >= 11 is 0. The van der Waals surface area contributed by atoms with Gasteiger partial charge in [-0.3, -0.25) is 9.78 Å². The minimum atomic E-state index is -0.935. The SMILES string of the molecule is Nc1nc2c(c(=O)[nH]1)N(CCc1ccc(C(=O)O)cc1)CC2. The molecule has 1 aromatic heterocycles. The molecule has 0 atom stereocenters. The number of nitrogens with one attached hydrogen (secondary N) is 1. The summed E-state index contributed by atoms with van der Waals surface area (Å²) < 4.78 is 0. The van der Waals surface area contributed by atoms with Crippen LogP contribution in [0.15, 0.2) is 29.1 Å². The van der Waals surface area contributed by atoms with Gasteiger partial charge < -0.3 is 15.7 Å². The molecule has 0 saturated heterocycles. The number of fused-ring (bicyclic) bond motifs is 1. The maximum atomic E-state index is 12.0. The molecule has 0 radical (unpaired) electrons. The van der Waals surface area contributed by atoms with Gasteiger partial charge in [0.2, 0.25) is 5.95 Å². The first-order valence-corrected chi connectivity index (χ1v) is 7.00. The average Bonchev–Trinajstić information content (AvgIpc) is 2.88. The number of aromatic amines is 1. The van der Waals surface area contributed by atoms with Crippen LogP contribution < -0.4 is 16.2 Å². The predicted molar refractivity (Wildman–Crippen MR) is 82.3 cm³/mol. The molecule has 0 spiro atoms. The van der Waals surface area contributed by atoms with Crippen LogP contribution in [0.25, 0.3) is 0 Å². The molecule has 0 aliphatic carbocycles. The molecule has 1 aliphatic heterocycles. The van der Waals surface area contributed by atoms with E-state index in [9.17, 15) is 9.59 Å². The molecule has 2 aromatic rings. The first-order valence-electron chi connectivity index (χ1n) is 7.00. The molecule has 2 heterocycles. The molecule has 7 nitrogen and oxygen atoms in total. The van der Waals surface area contributed by atoms with E-state index in [1.54, 1.807) is 24.3 Å². The predicted octanol–water partition coefficient (Wildman–Crippen LogP) is 0.655. The second kappa shape index (κ2) is 5.51. The van der Waals surface area contributed by atoms with Crippen molar-refractivity contribution in [2.24, 2.45) is 0 Å². The van der Waals surface area contributed by atoms with E-state index in [1.165, 1.54) is 0 Å². The molecular formula is C15H16N4O3. The number of hydrogen-bond donors (Lipinski definition) is 3. The van der Waals surface area contributed by atoms with Crippen LogP contribution in [0.4, 0.5) is 11.6 Å². The summed E-state index contributed by atoms with van der Waals surface area (Å²) in [6.45, 7) is 1.41. The second-order valence-electron chi connectivity index (χ2n) is 5.24. The first-order chi connectivity index (χ1) is 10.5. The molecule has 0 fully saturated rings. The van der Waals surface area contributed by atoms with Crippen LogP contribution in [0.5, 0.6) is 0 Å². The number of aromatic nitrogens is 2.